The Morgan fingerprint density at radius 1 is 1.38 bits per heavy atom. The number of rotatable bonds is 5. The van der Waals surface area contributed by atoms with Crippen molar-refractivity contribution in [1.82, 2.24) is 10.3 Å². The molecule has 0 bridgehead atoms. The number of aromatic nitrogens is 1. The predicted octanol–water partition coefficient (Wildman–Crippen LogP) is 0.567. The third kappa shape index (κ3) is 3.44. The van der Waals surface area contributed by atoms with Crippen LogP contribution in [0.25, 0.3) is 0 Å². The molecule has 0 saturated carbocycles. The zero-order valence-electron chi connectivity index (χ0n) is 12.3. The molecular formula is C13H21N5O2S. The minimum absolute atomic E-state index is 0.164. The smallest absolute Gasteiger partial charge is 0.265 e. The molecule has 1 aromatic rings. The van der Waals surface area contributed by atoms with Crippen LogP contribution in [0.4, 0.5) is 10.9 Å². The van der Waals surface area contributed by atoms with E-state index in [4.69, 9.17) is 11.5 Å². The maximum atomic E-state index is 12.2. The van der Waals surface area contributed by atoms with Gasteiger partial charge in [0.25, 0.3) is 5.91 Å². The summed E-state index contributed by atoms with van der Waals surface area (Å²) in [4.78, 5) is 30.2. The third-order valence-corrected chi connectivity index (χ3v) is 4.71. The van der Waals surface area contributed by atoms with Crippen molar-refractivity contribution in [2.24, 2.45) is 11.1 Å². The molecule has 0 atom stereocenters. The number of nitrogens with one attached hydrogen (secondary N) is 1. The highest BCUT2D eigenvalue weighted by Gasteiger charge is 2.27. The quantitative estimate of drug-likeness (QED) is 0.735. The lowest BCUT2D eigenvalue weighted by molar-refractivity contribution is -0.125. The Balaban J connectivity index is 2.04. The number of nitrogens with two attached hydrogens (primary N) is 2. The van der Waals surface area contributed by atoms with E-state index in [1.165, 1.54) is 11.3 Å². The topological polar surface area (TPSA) is 114 Å². The van der Waals surface area contributed by atoms with Crippen molar-refractivity contribution < 1.29 is 9.59 Å². The Bertz CT molecular complexity index is 549. The number of anilines is 2. The van der Waals surface area contributed by atoms with Gasteiger partial charge in [0.15, 0.2) is 5.13 Å². The van der Waals surface area contributed by atoms with E-state index < -0.39 is 11.3 Å². The number of carbonyl (C=O) groups excluding carboxylic acids is 2. The van der Waals surface area contributed by atoms with E-state index in [9.17, 15) is 9.59 Å². The zero-order valence-corrected chi connectivity index (χ0v) is 13.1. The van der Waals surface area contributed by atoms with E-state index in [0.717, 1.165) is 31.1 Å². The minimum atomic E-state index is -0.799. The van der Waals surface area contributed by atoms with Gasteiger partial charge in [0.2, 0.25) is 5.91 Å². The monoisotopic (exact) mass is 311 g/mol. The Labute approximate surface area is 127 Å². The maximum absolute atomic E-state index is 12.2. The first kappa shape index (κ1) is 15.6. The van der Waals surface area contributed by atoms with Crippen molar-refractivity contribution in [1.29, 1.82) is 0 Å². The minimum Gasteiger partial charge on any atom is -0.382 e. The van der Waals surface area contributed by atoms with Crippen LogP contribution in [0.5, 0.6) is 0 Å². The molecule has 0 aliphatic carbocycles. The molecule has 0 radical (unpaired) electrons. The van der Waals surface area contributed by atoms with Crippen LogP contribution in [-0.2, 0) is 4.79 Å². The van der Waals surface area contributed by atoms with E-state index in [2.05, 4.69) is 15.2 Å². The van der Waals surface area contributed by atoms with Crippen LogP contribution in [0.15, 0.2) is 0 Å². The summed E-state index contributed by atoms with van der Waals surface area (Å²) in [5.74, 6) is -0.543. The lowest BCUT2D eigenvalue weighted by Gasteiger charge is -2.20. The van der Waals surface area contributed by atoms with Gasteiger partial charge in [-0.15, -0.1) is 0 Å². The van der Waals surface area contributed by atoms with Crippen molar-refractivity contribution in [2.75, 3.05) is 30.3 Å². The second-order valence-electron chi connectivity index (χ2n) is 5.84. The summed E-state index contributed by atoms with van der Waals surface area (Å²) >= 11 is 1.29. The van der Waals surface area contributed by atoms with E-state index in [1.54, 1.807) is 13.8 Å². The van der Waals surface area contributed by atoms with Crippen molar-refractivity contribution in [2.45, 2.75) is 26.7 Å². The summed E-state index contributed by atoms with van der Waals surface area (Å²) in [6, 6.07) is 0. The van der Waals surface area contributed by atoms with Gasteiger partial charge in [0.05, 0.1) is 5.41 Å². The van der Waals surface area contributed by atoms with Crippen LogP contribution in [0, 0.1) is 5.41 Å². The Morgan fingerprint density at radius 3 is 2.57 bits per heavy atom. The number of nitrogens with zero attached hydrogens (tertiary/aromatic N) is 2. The van der Waals surface area contributed by atoms with Gasteiger partial charge in [0, 0.05) is 19.6 Å². The average Bonchev–Trinajstić information content (AvgIpc) is 3.04. The van der Waals surface area contributed by atoms with Crippen LogP contribution < -0.4 is 21.7 Å². The van der Waals surface area contributed by atoms with Crippen LogP contribution in [-0.4, -0.2) is 36.4 Å². The molecule has 0 unspecified atom stereocenters. The number of carbonyl (C=O) groups is 2. The molecule has 1 fully saturated rings. The molecule has 0 spiro atoms. The average molecular weight is 311 g/mol. The molecular weight excluding hydrogens is 290 g/mol. The Hall–Kier alpha value is -1.83. The lowest BCUT2D eigenvalue weighted by Crippen LogP contribution is -2.42. The zero-order chi connectivity index (χ0) is 15.6. The first-order valence-electron chi connectivity index (χ1n) is 6.90. The van der Waals surface area contributed by atoms with Gasteiger partial charge in [0.1, 0.15) is 10.7 Å². The molecule has 2 amide bonds. The van der Waals surface area contributed by atoms with Gasteiger partial charge in [-0.1, -0.05) is 11.3 Å². The molecule has 2 heterocycles. The SMILES string of the molecule is CC(C)(CNC(=O)c1sc(N2CCCC2)nc1N)C(N)=O. The van der Waals surface area contributed by atoms with Crippen LogP contribution in [0.2, 0.25) is 0 Å². The number of nitrogen functional groups attached to an aromatic ring is 1. The highest BCUT2D eigenvalue weighted by Crippen LogP contribution is 2.30. The number of primary amides is 1. The van der Waals surface area contributed by atoms with Gasteiger partial charge >= 0.3 is 0 Å². The normalized spacial score (nSPS) is 15.2. The highest BCUT2D eigenvalue weighted by molar-refractivity contribution is 7.18. The molecule has 2 rings (SSSR count). The van der Waals surface area contributed by atoms with E-state index >= 15 is 0 Å². The van der Waals surface area contributed by atoms with Crippen molar-refractivity contribution >= 4 is 34.1 Å². The molecule has 1 aliphatic heterocycles. The second-order valence-corrected chi connectivity index (χ2v) is 6.81. The fraction of sp³-hybridized carbons (Fsp3) is 0.615. The van der Waals surface area contributed by atoms with Gasteiger partial charge in [-0.2, -0.15) is 0 Å². The fourth-order valence-electron chi connectivity index (χ4n) is 2.00. The molecule has 5 N–H and O–H groups in total. The predicted molar refractivity (Wildman–Crippen MR) is 83.3 cm³/mol. The summed E-state index contributed by atoms with van der Waals surface area (Å²) in [6.45, 7) is 5.42. The maximum Gasteiger partial charge on any atom is 0.265 e. The summed E-state index contributed by atoms with van der Waals surface area (Å²) < 4.78 is 0. The summed E-state index contributed by atoms with van der Waals surface area (Å²) in [5.41, 5.74) is 10.3. The molecule has 1 aliphatic rings. The largest absolute Gasteiger partial charge is 0.382 e. The number of thiazole rings is 1. The van der Waals surface area contributed by atoms with E-state index in [-0.39, 0.29) is 18.3 Å². The summed E-state index contributed by atoms with van der Waals surface area (Å²) in [5, 5.41) is 3.48. The molecule has 21 heavy (non-hydrogen) atoms. The lowest BCUT2D eigenvalue weighted by atomic mass is 9.93. The second kappa shape index (κ2) is 5.88. The van der Waals surface area contributed by atoms with Crippen molar-refractivity contribution in [3.8, 4) is 0 Å². The summed E-state index contributed by atoms with van der Waals surface area (Å²) in [7, 11) is 0. The molecule has 1 aromatic heterocycles. The summed E-state index contributed by atoms with van der Waals surface area (Å²) in [6.07, 6.45) is 2.27. The van der Waals surface area contributed by atoms with Gasteiger partial charge in [-0.25, -0.2) is 4.98 Å². The van der Waals surface area contributed by atoms with Crippen molar-refractivity contribution in [3.05, 3.63) is 4.88 Å². The first-order chi connectivity index (χ1) is 9.81. The van der Waals surface area contributed by atoms with E-state index in [0.29, 0.717) is 4.88 Å². The Morgan fingerprint density at radius 2 is 2.00 bits per heavy atom. The van der Waals surface area contributed by atoms with E-state index in [1.807, 2.05) is 0 Å². The standard InChI is InChI=1S/C13H21N5O2S/c1-13(2,11(15)20)7-16-10(19)8-9(14)17-12(21-8)18-5-3-4-6-18/h3-7,14H2,1-2H3,(H2,15,20)(H,16,19). The van der Waals surface area contributed by atoms with Gasteiger partial charge in [-0.05, 0) is 26.7 Å². The highest BCUT2D eigenvalue weighted by atomic mass is 32.1. The number of hydrogen-bond acceptors (Lipinski definition) is 6. The van der Waals surface area contributed by atoms with Crippen LogP contribution >= 0.6 is 11.3 Å². The fourth-order valence-corrected chi connectivity index (χ4v) is 2.95. The first-order valence-corrected chi connectivity index (χ1v) is 7.72. The molecule has 116 valence electrons. The Kier molecular flexibility index (Phi) is 4.36. The molecule has 8 heteroatoms. The number of hydrogen-bond donors (Lipinski definition) is 3. The van der Waals surface area contributed by atoms with Gasteiger partial charge < -0.3 is 21.7 Å². The number of amides is 2. The molecule has 1 saturated heterocycles. The van der Waals surface area contributed by atoms with Crippen LogP contribution in [0.3, 0.4) is 0 Å². The van der Waals surface area contributed by atoms with Crippen LogP contribution in [0.1, 0.15) is 36.4 Å². The van der Waals surface area contributed by atoms with Gasteiger partial charge in [-0.3, -0.25) is 9.59 Å². The van der Waals surface area contributed by atoms with Crippen molar-refractivity contribution in [3.63, 3.8) is 0 Å². The molecule has 0 aromatic carbocycles. The molecule has 7 nitrogen and oxygen atoms in total. The third-order valence-electron chi connectivity index (χ3n) is 3.58.